The van der Waals surface area contributed by atoms with E-state index in [9.17, 15) is 0 Å². The summed E-state index contributed by atoms with van der Waals surface area (Å²) in [6.07, 6.45) is 6.65. The van der Waals surface area contributed by atoms with Crippen LogP contribution in [0.5, 0.6) is 0 Å². The fraction of sp³-hybridized carbons (Fsp3) is 1.00. The van der Waals surface area contributed by atoms with Crippen LogP contribution in [0.3, 0.4) is 0 Å². The Bertz CT molecular complexity index is 169. The lowest BCUT2D eigenvalue weighted by Crippen LogP contribution is -2.36. The highest BCUT2D eigenvalue weighted by Gasteiger charge is 2.11. The molecule has 0 heterocycles. The normalized spacial score (nSPS) is 16.5. The molecule has 0 aromatic rings. The lowest BCUT2D eigenvalue weighted by Gasteiger charge is -2.22. The first-order valence-electron chi connectivity index (χ1n) is 7.53. The van der Waals surface area contributed by atoms with Gasteiger partial charge < -0.3 is 22.5 Å². The van der Waals surface area contributed by atoms with Gasteiger partial charge in [-0.25, -0.2) is 0 Å². The van der Waals surface area contributed by atoms with Crippen molar-refractivity contribution >= 4 is 0 Å². The average Bonchev–Trinajstić information content (AvgIpc) is 2.34. The highest BCUT2D eigenvalue weighted by Crippen LogP contribution is 2.09. The van der Waals surface area contributed by atoms with Crippen molar-refractivity contribution in [2.75, 3.05) is 19.6 Å². The Balaban J connectivity index is 3.74. The van der Waals surface area contributed by atoms with Crippen LogP contribution < -0.4 is 22.5 Å². The van der Waals surface area contributed by atoms with Crippen LogP contribution >= 0.6 is 0 Å². The van der Waals surface area contributed by atoms with Gasteiger partial charge in [0.25, 0.3) is 0 Å². The molecule has 18 heavy (non-hydrogen) atoms. The van der Waals surface area contributed by atoms with E-state index < -0.39 is 0 Å². The molecule has 0 aliphatic heterocycles. The maximum atomic E-state index is 6.08. The Labute approximate surface area is 113 Å². The third-order valence-electron chi connectivity index (χ3n) is 3.39. The van der Waals surface area contributed by atoms with Gasteiger partial charge in [-0.05, 0) is 57.7 Å². The minimum absolute atomic E-state index is 0.296. The van der Waals surface area contributed by atoms with Crippen molar-refractivity contribution < 1.29 is 0 Å². The van der Waals surface area contributed by atoms with E-state index in [0.717, 1.165) is 45.3 Å². The van der Waals surface area contributed by atoms with Crippen LogP contribution in [0.1, 0.15) is 52.4 Å². The van der Waals surface area contributed by atoms with Crippen LogP contribution in [-0.2, 0) is 0 Å². The summed E-state index contributed by atoms with van der Waals surface area (Å²) >= 11 is 0. The summed E-state index contributed by atoms with van der Waals surface area (Å²) in [4.78, 5) is 0. The van der Waals surface area contributed by atoms with Crippen LogP contribution in [-0.4, -0.2) is 31.7 Å². The van der Waals surface area contributed by atoms with E-state index in [1.165, 1.54) is 12.8 Å². The molecule has 4 heteroatoms. The quantitative estimate of drug-likeness (QED) is 0.423. The van der Waals surface area contributed by atoms with Crippen molar-refractivity contribution in [2.24, 2.45) is 23.1 Å². The molecule has 0 bridgehead atoms. The summed E-state index contributed by atoms with van der Waals surface area (Å²) in [5, 5.41) is 3.62. The predicted octanol–water partition coefficient (Wildman–Crippen LogP) is 1.19. The van der Waals surface area contributed by atoms with Gasteiger partial charge in [-0.1, -0.05) is 20.3 Å². The lowest BCUT2D eigenvalue weighted by molar-refractivity contribution is 0.372. The second kappa shape index (κ2) is 11.9. The maximum Gasteiger partial charge on any atom is 0.00790 e. The summed E-state index contributed by atoms with van der Waals surface area (Å²) < 4.78 is 0. The van der Waals surface area contributed by atoms with Gasteiger partial charge in [0.15, 0.2) is 0 Å². The van der Waals surface area contributed by atoms with Gasteiger partial charge in [-0.2, -0.15) is 0 Å². The van der Waals surface area contributed by atoms with Gasteiger partial charge in [0, 0.05) is 12.1 Å². The molecule has 0 aromatic heterocycles. The summed E-state index contributed by atoms with van der Waals surface area (Å²) in [7, 11) is 0. The molecule has 0 rings (SSSR count). The lowest BCUT2D eigenvalue weighted by atomic mass is 9.98. The van der Waals surface area contributed by atoms with Crippen LogP contribution in [0.15, 0.2) is 0 Å². The standard InChI is InChI=1S/C14H34N4/c1-3-5-14(7-9-16)18-11-12(2)10-13(17)6-4-8-15/h12-14,18H,3-11,15-17H2,1-2H3/t12?,13-,14-/m1/s1. The van der Waals surface area contributed by atoms with Crippen molar-refractivity contribution in [1.82, 2.24) is 5.32 Å². The van der Waals surface area contributed by atoms with Gasteiger partial charge in [0.1, 0.15) is 0 Å². The van der Waals surface area contributed by atoms with Gasteiger partial charge in [-0.3, -0.25) is 0 Å². The molecule has 0 radical (unpaired) electrons. The smallest absolute Gasteiger partial charge is 0.00790 e. The fourth-order valence-electron chi connectivity index (χ4n) is 2.36. The van der Waals surface area contributed by atoms with E-state index >= 15 is 0 Å². The Morgan fingerprint density at radius 2 is 1.78 bits per heavy atom. The molecule has 0 saturated carbocycles. The average molecular weight is 258 g/mol. The number of rotatable bonds is 12. The number of hydrogen-bond donors (Lipinski definition) is 4. The van der Waals surface area contributed by atoms with E-state index in [2.05, 4.69) is 19.2 Å². The zero-order valence-electron chi connectivity index (χ0n) is 12.3. The second-order valence-corrected chi connectivity index (χ2v) is 5.50. The molecule has 0 aliphatic rings. The van der Waals surface area contributed by atoms with Crippen molar-refractivity contribution in [3.8, 4) is 0 Å². The SMILES string of the molecule is CCC[C@H](CCN)NCC(C)C[C@H](N)CCCN. The molecule has 7 N–H and O–H groups in total. The third-order valence-corrected chi connectivity index (χ3v) is 3.39. The minimum Gasteiger partial charge on any atom is -0.330 e. The van der Waals surface area contributed by atoms with E-state index in [1.54, 1.807) is 0 Å². The number of hydrogen-bond acceptors (Lipinski definition) is 4. The number of nitrogens with two attached hydrogens (primary N) is 3. The zero-order chi connectivity index (χ0) is 13.8. The van der Waals surface area contributed by atoms with Crippen molar-refractivity contribution in [3.63, 3.8) is 0 Å². The predicted molar refractivity (Wildman–Crippen MR) is 80.4 cm³/mol. The summed E-state index contributed by atoms with van der Waals surface area (Å²) in [6, 6.07) is 0.868. The fourth-order valence-corrected chi connectivity index (χ4v) is 2.36. The largest absolute Gasteiger partial charge is 0.330 e. The first-order chi connectivity index (χ1) is 8.63. The van der Waals surface area contributed by atoms with Gasteiger partial charge in [0.2, 0.25) is 0 Å². The van der Waals surface area contributed by atoms with Crippen LogP contribution in [0.4, 0.5) is 0 Å². The molecule has 0 aliphatic carbocycles. The first kappa shape index (κ1) is 17.8. The van der Waals surface area contributed by atoms with Crippen LogP contribution in [0, 0.1) is 5.92 Å². The molecule has 0 saturated heterocycles. The molecule has 4 nitrogen and oxygen atoms in total. The van der Waals surface area contributed by atoms with Crippen molar-refractivity contribution in [3.05, 3.63) is 0 Å². The van der Waals surface area contributed by atoms with Crippen LogP contribution in [0.25, 0.3) is 0 Å². The third kappa shape index (κ3) is 9.83. The molecule has 3 atom stereocenters. The Hall–Kier alpha value is -0.160. The van der Waals surface area contributed by atoms with Gasteiger partial charge in [0.05, 0.1) is 0 Å². The Kier molecular flexibility index (Phi) is 11.8. The molecule has 110 valence electrons. The summed E-state index contributed by atoms with van der Waals surface area (Å²) in [6.45, 7) is 7.04. The Morgan fingerprint density at radius 1 is 1.06 bits per heavy atom. The van der Waals surface area contributed by atoms with E-state index in [4.69, 9.17) is 17.2 Å². The Morgan fingerprint density at radius 3 is 2.33 bits per heavy atom. The summed E-state index contributed by atoms with van der Waals surface area (Å²) in [5.41, 5.74) is 17.2. The van der Waals surface area contributed by atoms with E-state index in [1.807, 2.05) is 0 Å². The number of nitrogens with one attached hydrogen (secondary N) is 1. The van der Waals surface area contributed by atoms with Gasteiger partial charge in [-0.15, -0.1) is 0 Å². The van der Waals surface area contributed by atoms with E-state index in [0.29, 0.717) is 18.0 Å². The van der Waals surface area contributed by atoms with Crippen LogP contribution in [0.2, 0.25) is 0 Å². The molecule has 1 unspecified atom stereocenters. The highest BCUT2D eigenvalue weighted by atomic mass is 14.9. The topological polar surface area (TPSA) is 90.1 Å². The molecular formula is C14H34N4. The van der Waals surface area contributed by atoms with E-state index in [-0.39, 0.29) is 0 Å². The second-order valence-electron chi connectivity index (χ2n) is 5.50. The molecule has 0 spiro atoms. The van der Waals surface area contributed by atoms with Crippen molar-refractivity contribution in [2.45, 2.75) is 64.5 Å². The minimum atomic E-state index is 0.296. The van der Waals surface area contributed by atoms with Crippen molar-refractivity contribution in [1.29, 1.82) is 0 Å². The molecule has 0 amide bonds. The maximum absolute atomic E-state index is 6.08. The van der Waals surface area contributed by atoms with Gasteiger partial charge >= 0.3 is 0 Å². The highest BCUT2D eigenvalue weighted by molar-refractivity contribution is 4.72. The summed E-state index contributed by atoms with van der Waals surface area (Å²) in [5.74, 6) is 0.620. The molecular weight excluding hydrogens is 224 g/mol. The molecule has 0 fully saturated rings. The molecule has 0 aromatic carbocycles. The first-order valence-corrected chi connectivity index (χ1v) is 7.53. The zero-order valence-corrected chi connectivity index (χ0v) is 12.3. The monoisotopic (exact) mass is 258 g/mol.